The standard InChI is InChI=1S/C28H38FN3O4/c1-27(2,3)14-19-12-21-22(15-28(10-5-11-28)36-25(21)31-16-19)30-17-24(33)23(32(4)26(34)35)13-18-6-8-20(29)9-7-18/h6-9,12,16,22-24,30,33H,5,10-11,13-15,17H2,1-4H3,(H,34,35)/t22-,23-,24+/m0/s1. The first kappa shape index (κ1) is 26.4. The second-order valence-corrected chi connectivity index (χ2v) is 11.6. The number of benzene rings is 1. The van der Waals surface area contributed by atoms with Crippen molar-refractivity contribution in [1.82, 2.24) is 15.2 Å². The van der Waals surface area contributed by atoms with Gasteiger partial charge in [-0.15, -0.1) is 0 Å². The van der Waals surface area contributed by atoms with Gasteiger partial charge in [-0.3, -0.25) is 0 Å². The van der Waals surface area contributed by atoms with E-state index in [-0.39, 0.29) is 35.8 Å². The molecule has 0 radical (unpaired) electrons. The van der Waals surface area contributed by atoms with Gasteiger partial charge in [0.15, 0.2) is 0 Å². The third-order valence-corrected chi connectivity index (χ3v) is 7.37. The summed E-state index contributed by atoms with van der Waals surface area (Å²) in [5.74, 6) is 0.294. The van der Waals surface area contributed by atoms with Crippen molar-refractivity contribution < 1.29 is 24.1 Å². The molecule has 1 fully saturated rings. The number of hydrogen-bond acceptors (Lipinski definition) is 5. The molecule has 1 aliphatic carbocycles. The van der Waals surface area contributed by atoms with Crippen LogP contribution >= 0.6 is 0 Å². The second-order valence-electron chi connectivity index (χ2n) is 11.6. The van der Waals surface area contributed by atoms with Crippen molar-refractivity contribution in [1.29, 1.82) is 0 Å². The van der Waals surface area contributed by atoms with E-state index in [9.17, 15) is 19.4 Å². The maximum Gasteiger partial charge on any atom is 0.407 e. The van der Waals surface area contributed by atoms with Gasteiger partial charge >= 0.3 is 6.09 Å². The third-order valence-electron chi connectivity index (χ3n) is 7.37. The van der Waals surface area contributed by atoms with Crippen LogP contribution in [0, 0.1) is 11.2 Å². The molecule has 0 unspecified atom stereocenters. The molecule has 0 saturated heterocycles. The lowest BCUT2D eigenvalue weighted by Gasteiger charge is -2.47. The Morgan fingerprint density at radius 2 is 1.97 bits per heavy atom. The molecule has 1 aliphatic heterocycles. The van der Waals surface area contributed by atoms with Gasteiger partial charge in [0.05, 0.1) is 12.1 Å². The van der Waals surface area contributed by atoms with Gasteiger partial charge in [-0.2, -0.15) is 0 Å². The first-order valence-electron chi connectivity index (χ1n) is 12.7. The lowest BCUT2D eigenvalue weighted by Crippen LogP contribution is -2.52. The third kappa shape index (κ3) is 6.16. The molecule has 1 saturated carbocycles. The largest absolute Gasteiger partial charge is 0.471 e. The van der Waals surface area contributed by atoms with Gasteiger partial charge in [0, 0.05) is 37.8 Å². The Morgan fingerprint density at radius 3 is 2.56 bits per heavy atom. The fourth-order valence-corrected chi connectivity index (χ4v) is 5.28. The van der Waals surface area contributed by atoms with Crippen molar-refractivity contribution in [3.8, 4) is 5.88 Å². The van der Waals surface area contributed by atoms with Crippen LogP contribution in [0.25, 0.3) is 0 Å². The summed E-state index contributed by atoms with van der Waals surface area (Å²) in [5, 5.41) is 24.3. The Balaban J connectivity index is 1.52. The van der Waals surface area contributed by atoms with Gasteiger partial charge < -0.3 is 25.2 Å². The van der Waals surface area contributed by atoms with E-state index in [1.54, 1.807) is 12.1 Å². The fourth-order valence-electron chi connectivity index (χ4n) is 5.28. The normalized spacial score (nSPS) is 20.1. The van der Waals surface area contributed by atoms with E-state index >= 15 is 0 Å². The summed E-state index contributed by atoms with van der Waals surface area (Å²) in [4.78, 5) is 17.5. The maximum atomic E-state index is 13.4. The summed E-state index contributed by atoms with van der Waals surface area (Å²) in [5.41, 5.74) is 2.79. The van der Waals surface area contributed by atoms with E-state index in [1.807, 2.05) is 6.20 Å². The second kappa shape index (κ2) is 10.3. The predicted octanol–water partition coefficient (Wildman–Crippen LogP) is 4.73. The maximum absolute atomic E-state index is 13.4. The Bertz CT molecular complexity index is 1070. The summed E-state index contributed by atoms with van der Waals surface area (Å²) in [7, 11) is 1.45. The first-order chi connectivity index (χ1) is 16.9. The van der Waals surface area contributed by atoms with E-state index in [0.29, 0.717) is 5.88 Å². The number of hydrogen-bond donors (Lipinski definition) is 3. The number of aromatic nitrogens is 1. The van der Waals surface area contributed by atoms with E-state index in [2.05, 4.69) is 37.1 Å². The fraction of sp³-hybridized carbons (Fsp3) is 0.571. The van der Waals surface area contributed by atoms with E-state index in [0.717, 1.165) is 53.7 Å². The topological polar surface area (TPSA) is 94.9 Å². The van der Waals surface area contributed by atoms with Gasteiger partial charge in [-0.25, -0.2) is 14.2 Å². The minimum absolute atomic E-state index is 0.0577. The number of fused-ring (bicyclic) bond motifs is 1. The average molecular weight is 500 g/mol. The molecule has 8 heteroatoms. The number of nitrogens with zero attached hydrogens (tertiary/aromatic N) is 2. The highest BCUT2D eigenvalue weighted by atomic mass is 19.1. The van der Waals surface area contributed by atoms with Crippen molar-refractivity contribution in [3.05, 3.63) is 59.0 Å². The van der Waals surface area contributed by atoms with Crippen LogP contribution in [-0.2, 0) is 12.8 Å². The Morgan fingerprint density at radius 1 is 1.28 bits per heavy atom. The molecule has 3 atom stereocenters. The predicted molar refractivity (Wildman–Crippen MR) is 136 cm³/mol. The number of carboxylic acid groups (broad SMARTS) is 1. The van der Waals surface area contributed by atoms with Gasteiger partial charge in [0.1, 0.15) is 11.4 Å². The minimum atomic E-state index is -1.12. The Hall–Kier alpha value is -2.71. The molecule has 7 nitrogen and oxygen atoms in total. The summed E-state index contributed by atoms with van der Waals surface area (Å²) < 4.78 is 19.7. The van der Waals surface area contributed by atoms with Crippen LogP contribution in [0.3, 0.4) is 0 Å². The quantitative estimate of drug-likeness (QED) is 0.486. The molecule has 36 heavy (non-hydrogen) atoms. The number of carbonyl (C=O) groups is 1. The van der Waals surface area contributed by atoms with E-state index in [4.69, 9.17) is 4.74 Å². The number of pyridine rings is 1. The van der Waals surface area contributed by atoms with Gasteiger partial charge in [0.2, 0.25) is 5.88 Å². The zero-order valence-electron chi connectivity index (χ0n) is 21.6. The van der Waals surface area contributed by atoms with E-state index in [1.165, 1.54) is 19.2 Å². The molecule has 3 N–H and O–H groups in total. The van der Waals surface area contributed by atoms with Crippen LogP contribution in [0.1, 0.15) is 69.2 Å². The van der Waals surface area contributed by atoms with Crippen LogP contribution < -0.4 is 10.1 Å². The highest BCUT2D eigenvalue weighted by Gasteiger charge is 2.46. The highest BCUT2D eigenvalue weighted by Crippen LogP contribution is 2.48. The van der Waals surface area contributed by atoms with Gasteiger partial charge in [-0.05, 0) is 66.8 Å². The van der Waals surface area contributed by atoms with Crippen molar-refractivity contribution in [2.75, 3.05) is 13.6 Å². The Kier molecular flexibility index (Phi) is 7.57. The number of amides is 1. The number of nitrogens with one attached hydrogen (secondary N) is 1. The molecule has 4 rings (SSSR count). The van der Waals surface area contributed by atoms with Gasteiger partial charge in [-0.1, -0.05) is 32.9 Å². The molecule has 2 aromatic rings. The molecule has 2 aliphatic rings. The van der Waals surface area contributed by atoms with E-state index < -0.39 is 18.2 Å². The first-order valence-corrected chi connectivity index (χ1v) is 12.7. The monoisotopic (exact) mass is 499 g/mol. The zero-order chi connectivity index (χ0) is 26.1. The van der Waals surface area contributed by atoms with Crippen LogP contribution in [0.4, 0.5) is 9.18 Å². The molecule has 1 spiro atoms. The highest BCUT2D eigenvalue weighted by molar-refractivity contribution is 5.65. The molecule has 1 aromatic carbocycles. The SMILES string of the molecule is CN(C(=O)O)[C@@H](Cc1ccc(F)cc1)[C@H](O)CN[C@H]1CC2(CCC2)Oc2ncc(CC(C)(C)C)cc21. The molecule has 1 aromatic heterocycles. The van der Waals surface area contributed by atoms with Crippen LogP contribution in [0.15, 0.2) is 36.5 Å². The number of aliphatic hydroxyl groups is 1. The number of rotatable bonds is 8. The number of ether oxygens (including phenoxy) is 1. The lowest BCUT2D eigenvalue weighted by atomic mass is 9.73. The molecular formula is C28H38FN3O4. The summed E-state index contributed by atoms with van der Waals surface area (Å²) >= 11 is 0. The number of halogens is 1. The Labute approximate surface area is 212 Å². The summed E-state index contributed by atoms with van der Waals surface area (Å²) in [6.07, 6.45) is 4.83. The molecule has 1 amide bonds. The van der Waals surface area contributed by atoms with Gasteiger partial charge in [0.25, 0.3) is 0 Å². The van der Waals surface area contributed by atoms with Crippen molar-refractivity contribution in [2.45, 2.75) is 83.1 Å². The molecule has 0 bridgehead atoms. The van der Waals surface area contributed by atoms with Crippen molar-refractivity contribution in [2.24, 2.45) is 5.41 Å². The molecule has 196 valence electrons. The molecular weight excluding hydrogens is 461 g/mol. The van der Waals surface area contributed by atoms with Crippen LogP contribution in [-0.4, -0.2) is 57.5 Å². The lowest BCUT2D eigenvalue weighted by molar-refractivity contribution is -0.0425. The smallest absolute Gasteiger partial charge is 0.407 e. The van der Waals surface area contributed by atoms with Crippen LogP contribution in [0.5, 0.6) is 5.88 Å². The summed E-state index contributed by atoms with van der Waals surface area (Å²) in [6.45, 7) is 6.78. The number of likely N-dealkylation sites (N-methyl/N-ethyl adjacent to an activating group) is 1. The zero-order valence-corrected chi connectivity index (χ0v) is 21.6. The number of aliphatic hydroxyl groups excluding tert-OH is 1. The van der Waals surface area contributed by atoms with Crippen molar-refractivity contribution >= 4 is 6.09 Å². The molecule has 2 heterocycles. The van der Waals surface area contributed by atoms with Crippen molar-refractivity contribution in [3.63, 3.8) is 0 Å². The van der Waals surface area contributed by atoms with Crippen LogP contribution in [0.2, 0.25) is 0 Å². The minimum Gasteiger partial charge on any atom is -0.471 e. The average Bonchev–Trinajstić information content (AvgIpc) is 2.79. The summed E-state index contributed by atoms with van der Waals surface area (Å²) in [6, 6.07) is 7.34.